The number of nitrogens with one attached hydrogen (secondary N) is 1. The molecule has 0 saturated heterocycles. The Labute approximate surface area is 223 Å². The maximum Gasteiger partial charge on any atom is 0.420 e. The van der Waals surface area contributed by atoms with E-state index in [1.54, 1.807) is 0 Å². The van der Waals surface area contributed by atoms with Crippen LogP contribution in [0, 0.1) is 23.2 Å². The van der Waals surface area contributed by atoms with Crippen LogP contribution >= 0.6 is 0 Å². The minimum atomic E-state index is -5.16. The number of pyridine rings is 1. The second kappa shape index (κ2) is 11.5. The predicted octanol–water partition coefficient (Wildman–Crippen LogP) is 5.99. The van der Waals surface area contributed by atoms with E-state index in [-0.39, 0.29) is 23.0 Å². The van der Waals surface area contributed by atoms with E-state index in [4.69, 9.17) is 0 Å². The molecule has 3 rings (SSSR count). The molecule has 2 N–H and O–H groups in total. The van der Waals surface area contributed by atoms with Gasteiger partial charge in [-0.15, -0.1) is 5.11 Å². The average Bonchev–Trinajstić information content (AvgIpc) is 2.85. The normalized spacial score (nSPS) is 13.3. The number of benzene rings is 2. The first-order chi connectivity index (χ1) is 18.2. The van der Waals surface area contributed by atoms with Crippen LogP contribution in [0.5, 0.6) is 5.88 Å². The van der Waals surface area contributed by atoms with E-state index in [0.717, 1.165) is 6.42 Å². The van der Waals surface area contributed by atoms with Crippen LogP contribution in [0.25, 0.3) is 10.8 Å². The Morgan fingerprint density at radius 3 is 2.33 bits per heavy atom. The number of hydrogen-bond acceptors (Lipinski definition) is 7. The fourth-order valence-electron chi connectivity index (χ4n) is 4.24. The van der Waals surface area contributed by atoms with Crippen molar-refractivity contribution in [2.75, 3.05) is 6.54 Å². The summed E-state index contributed by atoms with van der Waals surface area (Å²) in [5, 5.41) is 28.0. The van der Waals surface area contributed by atoms with Gasteiger partial charge in [0.25, 0.3) is 5.56 Å². The van der Waals surface area contributed by atoms with Crippen LogP contribution in [0.3, 0.4) is 0 Å². The molecule has 208 valence electrons. The number of halogens is 3. The molecule has 0 aliphatic rings. The van der Waals surface area contributed by atoms with E-state index in [9.17, 15) is 36.8 Å². The maximum atomic E-state index is 13.7. The molecule has 0 fully saturated rings. The van der Waals surface area contributed by atoms with Gasteiger partial charge in [0.05, 0.1) is 10.6 Å². The molecule has 3 aromatic rings. The molecule has 1 unspecified atom stereocenters. The number of fused-ring (bicyclic) bond motifs is 1. The average molecular weight is 564 g/mol. The van der Waals surface area contributed by atoms with Crippen molar-refractivity contribution in [2.45, 2.75) is 51.7 Å². The highest BCUT2D eigenvalue weighted by molar-refractivity contribution is 7.89. The van der Waals surface area contributed by atoms with Gasteiger partial charge in [-0.3, -0.25) is 9.36 Å². The minimum absolute atomic E-state index is 0.0618. The summed E-state index contributed by atoms with van der Waals surface area (Å²) in [7, 11) is -3.76. The molecule has 0 bridgehead atoms. The molecule has 0 spiro atoms. The van der Waals surface area contributed by atoms with Crippen molar-refractivity contribution >= 4 is 32.2 Å². The Kier molecular flexibility index (Phi) is 8.82. The number of alkyl halides is 3. The largest absolute Gasteiger partial charge is 0.493 e. The molecular weight excluding hydrogens is 535 g/mol. The van der Waals surface area contributed by atoms with Crippen LogP contribution in [0.2, 0.25) is 0 Å². The quantitative estimate of drug-likeness (QED) is 0.308. The van der Waals surface area contributed by atoms with Crippen LogP contribution in [-0.4, -0.2) is 24.6 Å². The van der Waals surface area contributed by atoms with E-state index in [2.05, 4.69) is 28.8 Å². The highest BCUT2D eigenvalue weighted by atomic mass is 32.2. The summed E-state index contributed by atoms with van der Waals surface area (Å²) in [5.74, 6) is -0.470. The van der Waals surface area contributed by atoms with Crippen molar-refractivity contribution < 1.29 is 26.7 Å². The highest BCUT2D eigenvalue weighted by Crippen LogP contribution is 2.42. The summed E-state index contributed by atoms with van der Waals surface area (Å²) in [4.78, 5) is 12.3. The van der Waals surface area contributed by atoms with Gasteiger partial charge in [-0.25, -0.2) is 13.1 Å². The molecule has 9 nitrogen and oxygen atoms in total. The van der Waals surface area contributed by atoms with E-state index >= 15 is 0 Å². The Morgan fingerprint density at radius 2 is 1.74 bits per heavy atom. The molecule has 1 atom stereocenters. The zero-order valence-corrected chi connectivity index (χ0v) is 22.6. The van der Waals surface area contributed by atoms with Gasteiger partial charge in [0.15, 0.2) is 5.69 Å². The lowest BCUT2D eigenvalue weighted by Crippen LogP contribution is -2.29. The second-order valence-corrected chi connectivity index (χ2v) is 11.3. The van der Waals surface area contributed by atoms with Gasteiger partial charge >= 0.3 is 6.18 Å². The molecule has 0 aliphatic heterocycles. The Hall–Kier alpha value is -3.76. The van der Waals surface area contributed by atoms with Crippen molar-refractivity contribution in [3.05, 3.63) is 57.9 Å². The minimum Gasteiger partial charge on any atom is -0.493 e. The zero-order chi connectivity index (χ0) is 29.1. The van der Waals surface area contributed by atoms with Gasteiger partial charge in [-0.05, 0) is 60.2 Å². The first-order valence-electron chi connectivity index (χ1n) is 12.1. The van der Waals surface area contributed by atoms with Gasteiger partial charge in [-0.2, -0.15) is 23.5 Å². The summed E-state index contributed by atoms with van der Waals surface area (Å²) in [5.41, 5.74) is -5.12. The second-order valence-electron chi connectivity index (χ2n) is 9.56. The summed E-state index contributed by atoms with van der Waals surface area (Å²) < 4.78 is 70.0. The summed E-state index contributed by atoms with van der Waals surface area (Å²) in [6, 6.07) is 10.1. The Bertz CT molecular complexity index is 1620. The predicted molar refractivity (Wildman–Crippen MR) is 140 cm³/mol. The first-order valence-corrected chi connectivity index (χ1v) is 13.6. The monoisotopic (exact) mass is 563 g/mol. The van der Waals surface area contributed by atoms with Gasteiger partial charge in [0.2, 0.25) is 15.9 Å². The third-order valence-corrected chi connectivity index (χ3v) is 7.41. The highest BCUT2D eigenvalue weighted by Gasteiger charge is 2.41. The number of nitrogens with zero attached hydrogens (tertiary/aromatic N) is 4. The van der Waals surface area contributed by atoms with Crippen LogP contribution in [0.1, 0.15) is 45.2 Å². The lowest BCUT2D eigenvalue weighted by molar-refractivity contribution is -0.137. The van der Waals surface area contributed by atoms with Crippen LogP contribution in [0.4, 0.5) is 24.5 Å². The van der Waals surface area contributed by atoms with E-state index in [0.29, 0.717) is 27.8 Å². The number of rotatable bonds is 9. The van der Waals surface area contributed by atoms with E-state index in [1.165, 1.54) is 49.4 Å². The molecule has 2 aromatic carbocycles. The van der Waals surface area contributed by atoms with Crippen LogP contribution < -0.4 is 10.3 Å². The third-order valence-electron chi connectivity index (χ3n) is 5.99. The van der Waals surface area contributed by atoms with Crippen molar-refractivity contribution in [3.8, 4) is 11.9 Å². The fourth-order valence-corrected chi connectivity index (χ4v) is 5.44. The molecule has 0 radical (unpaired) electrons. The molecule has 1 heterocycles. The van der Waals surface area contributed by atoms with Gasteiger partial charge < -0.3 is 5.11 Å². The first kappa shape index (κ1) is 29.8. The van der Waals surface area contributed by atoms with Gasteiger partial charge in [0, 0.05) is 13.1 Å². The van der Waals surface area contributed by atoms with Crippen molar-refractivity contribution in [3.63, 3.8) is 0 Å². The third kappa shape index (κ3) is 6.63. The smallest absolute Gasteiger partial charge is 0.420 e. The molecule has 0 amide bonds. The number of aromatic hydroxyl groups is 1. The molecule has 0 aliphatic carbocycles. The summed E-state index contributed by atoms with van der Waals surface area (Å²) in [6.45, 7) is 7.60. The molecule has 13 heteroatoms. The molecule has 0 saturated carbocycles. The lowest BCUT2D eigenvalue weighted by atomic mass is 9.99. The van der Waals surface area contributed by atoms with E-state index in [1.807, 2.05) is 6.92 Å². The lowest BCUT2D eigenvalue weighted by Gasteiger charge is -2.15. The number of azo groups is 1. The van der Waals surface area contributed by atoms with Crippen LogP contribution in [-0.2, 0) is 22.7 Å². The molecular formula is C26H28F3N5O4S. The maximum absolute atomic E-state index is 13.7. The molecule has 1 aromatic heterocycles. The Balaban J connectivity index is 1.97. The van der Waals surface area contributed by atoms with Crippen molar-refractivity contribution in [2.24, 2.45) is 22.1 Å². The van der Waals surface area contributed by atoms with E-state index < -0.39 is 44.5 Å². The number of nitriles is 1. The fraction of sp³-hybridized carbons (Fsp3) is 0.385. The summed E-state index contributed by atoms with van der Waals surface area (Å²) in [6.07, 6.45) is -4.29. The zero-order valence-electron chi connectivity index (χ0n) is 21.7. The number of aromatic nitrogens is 1. The topological polar surface area (TPSA) is 137 Å². The number of sulfonamides is 1. The van der Waals surface area contributed by atoms with Gasteiger partial charge in [0.1, 0.15) is 17.2 Å². The standard InChI is InChI=1S/C26H28F3N5O4S/c1-5-34-24(35)21(13-30)22(26(27,28)29)23(25(34)36)33-32-19-8-6-18-12-20(9-7-17(18)11-19)39(37,38)31-14-16(4)10-15(2)3/h6-9,11-12,15-16,31,36H,5,10,14H2,1-4H3. The number of hydrogen-bond donors (Lipinski definition) is 2. The SMILES string of the molecule is CCn1c(O)c(N=Nc2ccc3cc(S(=O)(=O)NCC(C)CC(C)C)ccc3c2)c(C(F)(F)F)c(C#N)c1=O. The van der Waals surface area contributed by atoms with Crippen LogP contribution in [0.15, 0.2) is 56.3 Å². The Morgan fingerprint density at radius 1 is 1.10 bits per heavy atom. The van der Waals surface area contributed by atoms with Gasteiger partial charge in [-0.1, -0.05) is 32.9 Å². The van der Waals surface area contributed by atoms with Crippen molar-refractivity contribution in [1.82, 2.24) is 9.29 Å². The summed E-state index contributed by atoms with van der Waals surface area (Å²) >= 11 is 0. The molecule has 39 heavy (non-hydrogen) atoms. The van der Waals surface area contributed by atoms with Crippen molar-refractivity contribution in [1.29, 1.82) is 5.26 Å².